The number of halogens is 1. The molecule has 11 heteroatoms. The van der Waals surface area contributed by atoms with E-state index in [1.54, 1.807) is 18.2 Å². The highest BCUT2D eigenvalue weighted by Gasteiger charge is 2.42. The standard InChI is InChI=1S/C22H24N4O5S.ClH/c1-32(28,29)25-16-3-5-21-17(13-16)20(27)14-22(30-21)7-10-26(11-8-22)9-6-15-2-4-18-19(12-15)24-31-23-18;/h2-5,12-13,25H,6-11,14H2,1H3;1H. The molecule has 0 bridgehead atoms. The third-order valence-electron chi connectivity index (χ3n) is 6.19. The molecule has 33 heavy (non-hydrogen) atoms. The number of ketones is 1. The predicted molar refractivity (Wildman–Crippen MR) is 126 cm³/mol. The average Bonchev–Trinajstić information content (AvgIpc) is 3.21. The molecule has 0 radical (unpaired) electrons. The average molecular weight is 493 g/mol. The molecule has 0 atom stereocenters. The maximum atomic E-state index is 12.9. The number of fused-ring (bicyclic) bond motifs is 2. The molecule has 2 aliphatic rings. The molecule has 0 amide bonds. The normalized spacial score (nSPS) is 17.9. The summed E-state index contributed by atoms with van der Waals surface area (Å²) in [6, 6.07) is 10.8. The summed E-state index contributed by atoms with van der Waals surface area (Å²) in [5.41, 5.74) is 3.02. The molecule has 1 N–H and O–H groups in total. The number of ether oxygens (including phenoxy) is 1. The number of benzene rings is 2. The lowest BCUT2D eigenvalue weighted by Crippen LogP contribution is -2.51. The van der Waals surface area contributed by atoms with Gasteiger partial charge in [-0.15, -0.1) is 12.4 Å². The molecular formula is C22H25ClN4O5S. The van der Waals surface area contributed by atoms with Crippen molar-refractivity contribution in [2.45, 2.75) is 31.3 Å². The Labute approximate surface area is 197 Å². The molecule has 1 aromatic heterocycles. The van der Waals surface area contributed by atoms with Gasteiger partial charge in [0.1, 0.15) is 22.4 Å². The van der Waals surface area contributed by atoms with Crippen LogP contribution in [-0.4, -0.2) is 60.9 Å². The maximum absolute atomic E-state index is 12.9. The molecule has 176 valence electrons. The first-order valence-corrected chi connectivity index (χ1v) is 12.5. The Morgan fingerprint density at radius 2 is 1.85 bits per heavy atom. The van der Waals surface area contributed by atoms with Crippen molar-refractivity contribution in [3.05, 3.63) is 47.5 Å². The van der Waals surface area contributed by atoms with E-state index in [1.807, 2.05) is 18.2 Å². The number of hydrogen-bond donors (Lipinski definition) is 1. The fraction of sp³-hybridized carbons (Fsp3) is 0.409. The minimum absolute atomic E-state index is 0. The van der Waals surface area contributed by atoms with Crippen LogP contribution in [-0.2, 0) is 16.4 Å². The van der Waals surface area contributed by atoms with Gasteiger partial charge in [-0.3, -0.25) is 9.52 Å². The zero-order valence-electron chi connectivity index (χ0n) is 18.1. The number of piperidine rings is 1. The lowest BCUT2D eigenvalue weighted by molar-refractivity contribution is -0.00864. The molecule has 3 aromatic rings. The van der Waals surface area contributed by atoms with Gasteiger partial charge in [-0.1, -0.05) is 6.07 Å². The summed E-state index contributed by atoms with van der Waals surface area (Å²) in [5, 5.41) is 7.73. The molecule has 9 nitrogen and oxygen atoms in total. The van der Waals surface area contributed by atoms with Gasteiger partial charge in [-0.25, -0.2) is 13.0 Å². The Bertz CT molecular complexity index is 1280. The van der Waals surface area contributed by atoms with Crippen molar-refractivity contribution in [2.75, 3.05) is 30.6 Å². The molecule has 2 aliphatic heterocycles. The highest BCUT2D eigenvalue weighted by molar-refractivity contribution is 7.92. The lowest BCUT2D eigenvalue weighted by atomic mass is 9.82. The third kappa shape index (κ3) is 5.13. The van der Waals surface area contributed by atoms with Gasteiger partial charge in [0.2, 0.25) is 10.0 Å². The van der Waals surface area contributed by atoms with E-state index >= 15 is 0 Å². The Morgan fingerprint density at radius 1 is 1.09 bits per heavy atom. The van der Waals surface area contributed by atoms with E-state index in [9.17, 15) is 13.2 Å². The molecule has 1 saturated heterocycles. The largest absolute Gasteiger partial charge is 0.486 e. The number of anilines is 1. The lowest BCUT2D eigenvalue weighted by Gasteiger charge is -2.44. The smallest absolute Gasteiger partial charge is 0.229 e. The van der Waals surface area contributed by atoms with Crippen molar-refractivity contribution in [3.8, 4) is 5.75 Å². The van der Waals surface area contributed by atoms with Crippen molar-refractivity contribution in [1.82, 2.24) is 15.2 Å². The number of hydrogen-bond acceptors (Lipinski definition) is 8. The summed E-state index contributed by atoms with van der Waals surface area (Å²) < 4.78 is 36.4. The second-order valence-corrected chi connectivity index (χ2v) is 10.4. The number of carbonyl (C=O) groups is 1. The Balaban J connectivity index is 0.00000259. The van der Waals surface area contributed by atoms with Crippen LogP contribution in [0.25, 0.3) is 11.0 Å². The van der Waals surface area contributed by atoms with E-state index in [0.29, 0.717) is 23.4 Å². The van der Waals surface area contributed by atoms with Crippen LogP contribution in [0.2, 0.25) is 0 Å². The summed E-state index contributed by atoms with van der Waals surface area (Å²) in [5.74, 6) is 0.523. The van der Waals surface area contributed by atoms with Crippen LogP contribution < -0.4 is 9.46 Å². The van der Waals surface area contributed by atoms with Gasteiger partial charge in [0.25, 0.3) is 0 Å². The van der Waals surface area contributed by atoms with Crippen molar-refractivity contribution in [1.29, 1.82) is 0 Å². The fourth-order valence-electron chi connectivity index (χ4n) is 4.51. The van der Waals surface area contributed by atoms with Crippen LogP contribution in [0.3, 0.4) is 0 Å². The Morgan fingerprint density at radius 3 is 2.61 bits per heavy atom. The van der Waals surface area contributed by atoms with E-state index in [1.165, 1.54) is 5.56 Å². The van der Waals surface area contributed by atoms with Gasteiger partial charge >= 0.3 is 0 Å². The molecule has 0 unspecified atom stereocenters. The van der Waals surface area contributed by atoms with Gasteiger partial charge in [0.15, 0.2) is 5.78 Å². The number of sulfonamides is 1. The zero-order valence-corrected chi connectivity index (χ0v) is 19.7. The number of likely N-dealkylation sites (tertiary alicyclic amines) is 1. The summed E-state index contributed by atoms with van der Waals surface area (Å²) in [6.45, 7) is 2.62. The molecule has 0 aliphatic carbocycles. The maximum Gasteiger partial charge on any atom is 0.229 e. The van der Waals surface area contributed by atoms with E-state index in [0.717, 1.165) is 56.2 Å². The number of Topliss-reactive ketones (excluding diaryl/α,β-unsaturated/α-hetero) is 1. The SMILES string of the molecule is CS(=O)(=O)Nc1ccc2c(c1)C(=O)CC1(CCN(CCc3ccc4nonc4c3)CC1)O2.Cl. The summed E-state index contributed by atoms with van der Waals surface area (Å²) >= 11 is 0. The van der Waals surface area contributed by atoms with Crippen LogP contribution >= 0.6 is 12.4 Å². The first-order valence-electron chi connectivity index (χ1n) is 10.6. The second kappa shape index (κ2) is 8.92. The van der Waals surface area contributed by atoms with Crippen molar-refractivity contribution in [2.24, 2.45) is 0 Å². The quantitative estimate of drug-likeness (QED) is 0.578. The van der Waals surface area contributed by atoms with Crippen molar-refractivity contribution >= 4 is 44.9 Å². The highest BCUT2D eigenvalue weighted by atomic mass is 35.5. The van der Waals surface area contributed by atoms with Crippen LogP contribution in [0.15, 0.2) is 41.0 Å². The molecule has 1 spiro atoms. The molecule has 5 rings (SSSR count). The third-order valence-corrected chi connectivity index (χ3v) is 6.80. The minimum atomic E-state index is -3.41. The van der Waals surface area contributed by atoms with E-state index in [2.05, 4.69) is 19.9 Å². The molecule has 3 heterocycles. The highest BCUT2D eigenvalue weighted by Crippen LogP contribution is 2.40. The molecule has 2 aromatic carbocycles. The zero-order chi connectivity index (χ0) is 22.3. The van der Waals surface area contributed by atoms with Gasteiger partial charge in [-0.05, 0) is 52.6 Å². The topological polar surface area (TPSA) is 115 Å². The monoisotopic (exact) mass is 492 g/mol. The van der Waals surface area contributed by atoms with Crippen molar-refractivity contribution < 1.29 is 22.6 Å². The van der Waals surface area contributed by atoms with Crippen LogP contribution in [0.5, 0.6) is 5.75 Å². The second-order valence-electron chi connectivity index (χ2n) is 8.65. The molecule has 1 fully saturated rings. The summed E-state index contributed by atoms with van der Waals surface area (Å²) in [7, 11) is -3.41. The minimum Gasteiger partial charge on any atom is -0.486 e. The van der Waals surface area contributed by atoms with E-state index < -0.39 is 15.6 Å². The van der Waals surface area contributed by atoms with Gasteiger partial charge < -0.3 is 9.64 Å². The van der Waals surface area contributed by atoms with Crippen molar-refractivity contribution in [3.63, 3.8) is 0 Å². The fourth-order valence-corrected chi connectivity index (χ4v) is 5.06. The number of carbonyl (C=O) groups excluding carboxylic acids is 1. The first kappa shape index (κ1) is 23.5. The van der Waals surface area contributed by atoms with Gasteiger partial charge in [0.05, 0.1) is 18.2 Å². The van der Waals surface area contributed by atoms with E-state index in [4.69, 9.17) is 9.37 Å². The molecule has 0 saturated carbocycles. The molecular weight excluding hydrogens is 468 g/mol. The Hall–Kier alpha value is -2.69. The number of nitrogens with zero attached hydrogens (tertiary/aromatic N) is 3. The number of aromatic nitrogens is 2. The summed E-state index contributed by atoms with van der Waals surface area (Å²) in [6.07, 6.45) is 3.83. The van der Waals surface area contributed by atoms with E-state index in [-0.39, 0.29) is 18.2 Å². The van der Waals surface area contributed by atoms with Crippen LogP contribution in [0.1, 0.15) is 35.2 Å². The number of rotatable bonds is 5. The predicted octanol–water partition coefficient (Wildman–Crippen LogP) is 3.06. The Kier molecular flexibility index (Phi) is 6.35. The first-order chi connectivity index (χ1) is 15.3. The van der Waals surface area contributed by atoms with Gasteiger partial charge in [0, 0.05) is 38.2 Å². The van der Waals surface area contributed by atoms with Gasteiger partial charge in [-0.2, -0.15) is 0 Å². The summed E-state index contributed by atoms with van der Waals surface area (Å²) in [4.78, 5) is 15.3. The number of nitrogens with one attached hydrogen (secondary N) is 1. The van der Waals surface area contributed by atoms with Crippen LogP contribution in [0, 0.1) is 0 Å². The van der Waals surface area contributed by atoms with Crippen LogP contribution in [0.4, 0.5) is 5.69 Å².